The molecule has 54 heavy (non-hydrogen) atoms. The molecule has 8 rings (SSSR count). The number of hydrazine groups is 1. The van der Waals surface area contributed by atoms with Crippen LogP contribution in [0.15, 0.2) is 101 Å². The van der Waals surface area contributed by atoms with Gasteiger partial charge in [0.15, 0.2) is 11.5 Å². The van der Waals surface area contributed by atoms with Crippen LogP contribution in [0, 0.1) is 29.5 Å². The van der Waals surface area contributed by atoms with Gasteiger partial charge in [0.1, 0.15) is 11.6 Å². The summed E-state index contributed by atoms with van der Waals surface area (Å²) in [5, 5.41) is 22.0. The molecule has 10 nitrogen and oxygen atoms in total. The summed E-state index contributed by atoms with van der Waals surface area (Å²) >= 11 is 9.83. The number of hydrogen-bond donors (Lipinski definition) is 3. The molecule has 2 aliphatic heterocycles. The quantitative estimate of drug-likeness (QED) is 0.129. The van der Waals surface area contributed by atoms with Gasteiger partial charge in [-0.2, -0.15) is 5.01 Å². The molecule has 0 aromatic heterocycles. The van der Waals surface area contributed by atoms with Gasteiger partial charge in [-0.25, -0.2) is 4.39 Å². The number of ether oxygens (including phenoxy) is 1. The number of carbonyl (C=O) groups is 4. The predicted molar refractivity (Wildman–Crippen MR) is 200 cm³/mol. The molecule has 2 aliphatic carbocycles. The molecule has 13 heteroatoms. The Labute approximate surface area is 323 Å². The summed E-state index contributed by atoms with van der Waals surface area (Å²) in [6.07, 6.45) is 2.66. The third-order valence-corrected chi connectivity index (χ3v) is 12.4. The molecule has 1 saturated carbocycles. The molecule has 4 aromatic rings. The first-order chi connectivity index (χ1) is 25.9. The van der Waals surface area contributed by atoms with Gasteiger partial charge in [0, 0.05) is 17.5 Å². The van der Waals surface area contributed by atoms with E-state index < -0.39 is 52.6 Å². The number of carbonyl (C=O) groups excluding carboxylic acids is 4. The summed E-state index contributed by atoms with van der Waals surface area (Å²) in [6, 6.07) is 22.0. The number of benzene rings is 4. The van der Waals surface area contributed by atoms with Gasteiger partial charge in [-0.1, -0.05) is 47.5 Å². The monoisotopic (exact) mass is 813 g/mol. The van der Waals surface area contributed by atoms with E-state index >= 15 is 4.79 Å². The zero-order valence-electron chi connectivity index (χ0n) is 28.8. The molecule has 0 bridgehead atoms. The standard InChI is InChI=1S/C41H34BrClFN3O7/c1-54-33-19-22(18-32(42)36(33)49)35-28-14-15-29-34(39(52)46(37(29)50)17-16-21-2-12-27(48)13-3-21)30(28)20-31-38(51)47(45-26-10-8-25(44)9-11-26)40(53)41(31,35)23-4-6-24(43)7-5-23/h2-14,18-19,29-31,34-35,45,48-49H,15-17,20H2,1H3. The number of amides is 4. The highest BCUT2D eigenvalue weighted by atomic mass is 79.9. The summed E-state index contributed by atoms with van der Waals surface area (Å²) in [6.45, 7) is 0.147. The maximum absolute atomic E-state index is 15.3. The van der Waals surface area contributed by atoms with E-state index in [-0.39, 0.29) is 48.4 Å². The van der Waals surface area contributed by atoms with Gasteiger partial charge >= 0.3 is 0 Å². The summed E-state index contributed by atoms with van der Waals surface area (Å²) in [4.78, 5) is 59.8. The van der Waals surface area contributed by atoms with Crippen LogP contribution in [0.2, 0.25) is 5.02 Å². The molecule has 0 radical (unpaired) electrons. The van der Waals surface area contributed by atoms with Gasteiger partial charge in [0.2, 0.25) is 11.8 Å². The van der Waals surface area contributed by atoms with Crippen molar-refractivity contribution in [1.82, 2.24) is 9.91 Å². The highest BCUT2D eigenvalue weighted by Crippen LogP contribution is 2.64. The summed E-state index contributed by atoms with van der Waals surface area (Å²) < 4.78 is 19.7. The third kappa shape index (κ3) is 5.57. The number of imide groups is 2. The molecule has 4 amide bonds. The number of nitrogens with zero attached hydrogens (tertiary/aromatic N) is 2. The van der Waals surface area contributed by atoms with Crippen molar-refractivity contribution in [2.24, 2.45) is 23.7 Å². The average molecular weight is 815 g/mol. The smallest absolute Gasteiger partial charge is 0.260 e. The van der Waals surface area contributed by atoms with Crippen LogP contribution < -0.4 is 10.2 Å². The van der Waals surface area contributed by atoms with Gasteiger partial charge < -0.3 is 14.9 Å². The Balaban J connectivity index is 1.28. The fraction of sp³-hybridized carbons (Fsp3) is 0.268. The number of aromatic hydroxyl groups is 2. The molecule has 6 atom stereocenters. The molecule has 4 aliphatic rings. The number of fused-ring (bicyclic) bond motifs is 4. The van der Waals surface area contributed by atoms with Crippen molar-refractivity contribution < 1.29 is 38.5 Å². The Hall–Kier alpha value is -5.20. The third-order valence-electron chi connectivity index (χ3n) is 11.5. The molecule has 0 spiro atoms. The molecule has 3 N–H and O–H groups in total. The number of likely N-dealkylation sites (tertiary alicyclic amines) is 1. The lowest BCUT2D eigenvalue weighted by molar-refractivity contribution is -0.141. The minimum atomic E-state index is -1.59. The van der Waals surface area contributed by atoms with Crippen molar-refractivity contribution in [2.75, 3.05) is 19.1 Å². The van der Waals surface area contributed by atoms with Crippen LogP contribution in [-0.4, -0.2) is 57.4 Å². The lowest BCUT2D eigenvalue weighted by Crippen LogP contribution is -2.53. The van der Waals surface area contributed by atoms with Crippen molar-refractivity contribution >= 4 is 56.8 Å². The Bertz CT molecular complexity index is 2230. The highest BCUT2D eigenvalue weighted by molar-refractivity contribution is 9.10. The van der Waals surface area contributed by atoms with E-state index in [9.17, 15) is 29.0 Å². The normalized spacial score (nSPS) is 26.0. The van der Waals surface area contributed by atoms with Crippen molar-refractivity contribution in [3.05, 3.63) is 129 Å². The average Bonchev–Trinajstić information content (AvgIpc) is 3.53. The predicted octanol–water partition coefficient (Wildman–Crippen LogP) is 6.89. The van der Waals surface area contributed by atoms with E-state index in [2.05, 4.69) is 21.4 Å². The second-order valence-electron chi connectivity index (χ2n) is 14.2. The first-order valence-corrected chi connectivity index (χ1v) is 18.7. The van der Waals surface area contributed by atoms with E-state index in [1.807, 2.05) is 6.08 Å². The fourth-order valence-corrected chi connectivity index (χ4v) is 9.72. The van der Waals surface area contributed by atoms with Crippen molar-refractivity contribution in [3.8, 4) is 17.2 Å². The first kappa shape index (κ1) is 35.8. The van der Waals surface area contributed by atoms with Crippen LogP contribution in [0.3, 0.4) is 0 Å². The van der Waals surface area contributed by atoms with Gasteiger partial charge in [-0.05, 0) is 118 Å². The van der Waals surface area contributed by atoms with Crippen LogP contribution in [0.5, 0.6) is 17.2 Å². The summed E-state index contributed by atoms with van der Waals surface area (Å²) in [5.41, 5.74) is 4.29. The lowest BCUT2D eigenvalue weighted by atomic mass is 9.49. The van der Waals surface area contributed by atoms with E-state index in [0.717, 1.165) is 16.1 Å². The zero-order valence-corrected chi connectivity index (χ0v) is 31.2. The minimum absolute atomic E-state index is 0.0828. The number of methoxy groups -OCH3 is 1. The first-order valence-electron chi connectivity index (χ1n) is 17.5. The van der Waals surface area contributed by atoms with Crippen LogP contribution in [0.4, 0.5) is 10.1 Å². The van der Waals surface area contributed by atoms with E-state index in [4.69, 9.17) is 16.3 Å². The molecule has 3 fully saturated rings. The summed E-state index contributed by atoms with van der Waals surface area (Å²) in [7, 11) is 1.41. The number of phenolic OH excluding ortho intramolecular Hbond substituents is 2. The minimum Gasteiger partial charge on any atom is -0.508 e. The fourth-order valence-electron chi connectivity index (χ4n) is 9.14. The Kier molecular flexibility index (Phi) is 9.01. The molecular formula is C41H34BrClFN3O7. The Morgan fingerprint density at radius 3 is 2.31 bits per heavy atom. The molecule has 2 heterocycles. The molecule has 4 aromatic carbocycles. The van der Waals surface area contributed by atoms with Gasteiger partial charge in [-0.15, -0.1) is 0 Å². The SMILES string of the molecule is COc1cc(C2C3=CCC4C(=O)N(CCc5ccc(O)cc5)C(=O)C4C3CC3C(=O)N(Nc4ccc(F)cc4)C(=O)C32c2ccc(Cl)cc2)cc(Br)c1O. The van der Waals surface area contributed by atoms with Crippen LogP contribution >= 0.6 is 27.5 Å². The second kappa shape index (κ2) is 13.6. The Morgan fingerprint density at radius 1 is 0.926 bits per heavy atom. The highest BCUT2D eigenvalue weighted by Gasteiger charge is 2.70. The van der Waals surface area contributed by atoms with Gasteiger partial charge in [-0.3, -0.25) is 29.5 Å². The topological polar surface area (TPSA) is 136 Å². The molecule has 276 valence electrons. The van der Waals surface area contributed by atoms with Crippen LogP contribution in [0.25, 0.3) is 0 Å². The Morgan fingerprint density at radius 2 is 1.63 bits per heavy atom. The van der Waals surface area contributed by atoms with Crippen LogP contribution in [-0.2, 0) is 31.0 Å². The second-order valence-corrected chi connectivity index (χ2v) is 15.5. The van der Waals surface area contributed by atoms with Crippen LogP contribution in [0.1, 0.15) is 35.4 Å². The van der Waals surface area contributed by atoms with Crippen molar-refractivity contribution in [2.45, 2.75) is 30.6 Å². The van der Waals surface area contributed by atoms with E-state index in [1.165, 1.54) is 36.3 Å². The number of phenols is 2. The number of anilines is 1. The lowest BCUT2D eigenvalue weighted by Gasteiger charge is -2.50. The largest absolute Gasteiger partial charge is 0.508 e. The van der Waals surface area contributed by atoms with E-state index in [0.29, 0.717) is 32.7 Å². The number of hydrogen-bond acceptors (Lipinski definition) is 8. The zero-order chi connectivity index (χ0) is 38.1. The number of allylic oxidation sites excluding steroid dienone is 2. The number of rotatable bonds is 8. The van der Waals surface area contributed by atoms with Crippen molar-refractivity contribution in [1.29, 1.82) is 0 Å². The maximum atomic E-state index is 15.3. The molecule has 2 saturated heterocycles. The molecular weight excluding hydrogens is 781 g/mol. The maximum Gasteiger partial charge on any atom is 0.260 e. The number of halogens is 3. The summed E-state index contributed by atoms with van der Waals surface area (Å²) in [5.74, 6) is -6.08. The number of nitrogens with one attached hydrogen (secondary N) is 1. The van der Waals surface area contributed by atoms with Gasteiger partial charge in [0.25, 0.3) is 11.8 Å². The molecule has 6 unspecified atom stereocenters. The van der Waals surface area contributed by atoms with E-state index in [1.54, 1.807) is 60.7 Å². The van der Waals surface area contributed by atoms with Crippen molar-refractivity contribution in [3.63, 3.8) is 0 Å². The van der Waals surface area contributed by atoms with Gasteiger partial charge in [0.05, 0.1) is 40.4 Å².